The number of benzene rings is 4. The van der Waals surface area contributed by atoms with Crippen LogP contribution in [0.3, 0.4) is 0 Å². The van der Waals surface area contributed by atoms with E-state index >= 15 is 0 Å². The Morgan fingerprint density at radius 2 is 1.36 bits per heavy atom. The van der Waals surface area contributed by atoms with Gasteiger partial charge in [-0.05, 0) is 50.2 Å². The van der Waals surface area contributed by atoms with E-state index in [2.05, 4.69) is 92.2 Å². The van der Waals surface area contributed by atoms with E-state index in [4.69, 9.17) is 0 Å². The fourth-order valence-corrected chi connectivity index (χ4v) is 4.15. The number of hydrogen-bond donors (Lipinski definition) is 0. The highest BCUT2D eigenvalue weighted by molar-refractivity contribution is 6.14. The van der Waals surface area contributed by atoms with Crippen molar-refractivity contribution in [3.8, 4) is 0 Å². The molecule has 4 aromatic carbocycles. The Bertz CT molecular complexity index is 1140. The Morgan fingerprint density at radius 3 is 2.28 bits per heavy atom. The van der Waals surface area contributed by atoms with Crippen LogP contribution in [0.25, 0.3) is 27.1 Å². The van der Waals surface area contributed by atoms with Crippen molar-refractivity contribution in [1.82, 2.24) is 0 Å². The topological polar surface area (TPSA) is 0 Å². The molecule has 4 aromatic rings. The van der Waals surface area contributed by atoms with Crippen LogP contribution in [0.5, 0.6) is 0 Å². The Labute approximate surface area is 148 Å². The zero-order chi connectivity index (χ0) is 16.8. The van der Waals surface area contributed by atoms with Crippen LogP contribution in [-0.2, 0) is 0 Å². The van der Waals surface area contributed by atoms with Crippen LogP contribution >= 0.6 is 0 Å². The summed E-state index contributed by atoms with van der Waals surface area (Å²) in [4.78, 5) is 0. The Hall–Kier alpha value is -2.86. The second-order valence-corrected chi connectivity index (χ2v) is 6.68. The monoisotopic (exact) mass is 319 g/mol. The van der Waals surface area contributed by atoms with Crippen molar-refractivity contribution in [3.63, 3.8) is 0 Å². The molecule has 1 aliphatic rings. The second-order valence-electron chi connectivity index (χ2n) is 6.68. The van der Waals surface area contributed by atoms with E-state index in [0.29, 0.717) is 0 Å². The van der Waals surface area contributed by atoms with Gasteiger partial charge in [0.1, 0.15) is 0 Å². The number of rotatable bonds is 2. The normalized spacial score (nSPS) is 13.6. The van der Waals surface area contributed by atoms with Gasteiger partial charge in [0, 0.05) is 6.42 Å². The smallest absolute Gasteiger partial charge is 0.0170 e. The lowest BCUT2D eigenvalue weighted by Gasteiger charge is -2.14. The molecule has 0 nitrogen and oxygen atoms in total. The molecule has 0 fully saturated rings. The molecule has 0 aliphatic heterocycles. The molecule has 0 saturated heterocycles. The van der Waals surface area contributed by atoms with E-state index in [0.717, 1.165) is 6.42 Å². The fourth-order valence-electron chi connectivity index (χ4n) is 4.15. The number of fused-ring (bicyclic) bond motifs is 4. The van der Waals surface area contributed by atoms with E-state index in [1.54, 1.807) is 0 Å². The predicted octanol–water partition coefficient (Wildman–Crippen LogP) is 6.77. The van der Waals surface area contributed by atoms with Crippen molar-refractivity contribution in [2.24, 2.45) is 0 Å². The van der Waals surface area contributed by atoms with Gasteiger partial charge in [0.05, 0.1) is 0 Å². The first-order chi connectivity index (χ1) is 12.4. The summed E-state index contributed by atoms with van der Waals surface area (Å²) in [6.45, 7) is 2.25. The minimum atomic E-state index is 1.05. The Balaban J connectivity index is 1.91. The Morgan fingerprint density at radius 1 is 0.640 bits per heavy atom. The van der Waals surface area contributed by atoms with Crippen LogP contribution in [0.15, 0.2) is 84.4 Å². The molecule has 0 heterocycles. The summed E-state index contributed by atoms with van der Waals surface area (Å²) in [6, 6.07) is 28.6. The van der Waals surface area contributed by atoms with Gasteiger partial charge >= 0.3 is 0 Å². The van der Waals surface area contributed by atoms with Gasteiger partial charge in [-0.3, -0.25) is 0 Å². The van der Waals surface area contributed by atoms with Crippen LogP contribution in [0.1, 0.15) is 30.0 Å². The van der Waals surface area contributed by atoms with Gasteiger partial charge in [-0.25, -0.2) is 0 Å². The first kappa shape index (κ1) is 14.5. The number of allylic oxidation sites excluding steroid dienone is 1. The molecule has 25 heavy (non-hydrogen) atoms. The number of hydrogen-bond acceptors (Lipinski definition) is 0. The maximum Gasteiger partial charge on any atom is 0.0170 e. The third-order valence-corrected chi connectivity index (χ3v) is 5.30. The lowest BCUT2D eigenvalue weighted by Crippen LogP contribution is -1.91. The largest absolute Gasteiger partial charge is 0.0619 e. The zero-order valence-electron chi connectivity index (χ0n) is 14.3. The molecule has 0 bridgehead atoms. The van der Waals surface area contributed by atoms with E-state index in [-0.39, 0.29) is 0 Å². The van der Waals surface area contributed by atoms with Crippen LogP contribution in [0.4, 0.5) is 0 Å². The maximum atomic E-state index is 2.36. The van der Waals surface area contributed by atoms with E-state index < -0.39 is 0 Å². The minimum absolute atomic E-state index is 1.05. The lowest BCUT2D eigenvalue weighted by molar-refractivity contribution is 1.13. The first-order valence-electron chi connectivity index (χ1n) is 8.95. The summed E-state index contributed by atoms with van der Waals surface area (Å²) >= 11 is 0. The van der Waals surface area contributed by atoms with E-state index in [9.17, 15) is 0 Å². The molecule has 0 unspecified atom stereocenters. The molecule has 0 amide bonds. The van der Waals surface area contributed by atoms with Gasteiger partial charge < -0.3 is 0 Å². The molecule has 119 valence electrons. The summed E-state index contributed by atoms with van der Waals surface area (Å²) in [7, 11) is 0. The second kappa shape index (κ2) is 5.60. The molecule has 0 atom stereocenters. The SMILES string of the molecule is CCC1=C(c2cccc3ccc4ccccc4c23)c2ccccc2[CH]1. The van der Waals surface area contributed by atoms with Crippen LogP contribution < -0.4 is 0 Å². The van der Waals surface area contributed by atoms with Crippen LogP contribution in [0, 0.1) is 6.42 Å². The summed E-state index contributed by atoms with van der Waals surface area (Å²) in [5.41, 5.74) is 6.89. The quantitative estimate of drug-likeness (QED) is 0.358. The van der Waals surface area contributed by atoms with Crippen LogP contribution in [-0.4, -0.2) is 0 Å². The molecular weight excluding hydrogens is 300 g/mol. The van der Waals surface area contributed by atoms with Gasteiger partial charge in [-0.1, -0.05) is 91.4 Å². The highest BCUT2D eigenvalue weighted by atomic mass is 14.3. The van der Waals surface area contributed by atoms with Crippen molar-refractivity contribution < 1.29 is 0 Å². The highest BCUT2D eigenvalue weighted by Crippen LogP contribution is 2.43. The Kier molecular flexibility index (Phi) is 3.24. The van der Waals surface area contributed by atoms with E-state index in [1.807, 2.05) is 0 Å². The molecule has 5 rings (SSSR count). The molecule has 1 radical (unpaired) electrons. The fraction of sp³-hybridized carbons (Fsp3) is 0.0800. The van der Waals surface area contributed by atoms with Gasteiger partial charge in [0.15, 0.2) is 0 Å². The third kappa shape index (κ3) is 2.14. The van der Waals surface area contributed by atoms with Crippen molar-refractivity contribution in [1.29, 1.82) is 0 Å². The summed E-state index contributed by atoms with van der Waals surface area (Å²) in [5.74, 6) is 0. The average Bonchev–Trinajstić information content (AvgIpc) is 3.06. The third-order valence-electron chi connectivity index (χ3n) is 5.30. The molecule has 0 saturated carbocycles. The van der Waals surface area contributed by atoms with Gasteiger partial charge in [-0.15, -0.1) is 0 Å². The van der Waals surface area contributed by atoms with Crippen LogP contribution in [0.2, 0.25) is 0 Å². The maximum absolute atomic E-state index is 2.36. The zero-order valence-corrected chi connectivity index (χ0v) is 14.3. The predicted molar refractivity (Wildman–Crippen MR) is 108 cm³/mol. The van der Waals surface area contributed by atoms with Crippen molar-refractivity contribution in [2.45, 2.75) is 13.3 Å². The van der Waals surface area contributed by atoms with E-state index in [1.165, 1.54) is 49.4 Å². The summed E-state index contributed by atoms with van der Waals surface area (Å²) in [5, 5.41) is 5.31. The lowest BCUT2D eigenvalue weighted by atomic mass is 9.90. The van der Waals surface area contributed by atoms with Crippen molar-refractivity contribution in [2.75, 3.05) is 0 Å². The minimum Gasteiger partial charge on any atom is -0.0619 e. The standard InChI is InChI=1S/C25H19/c1-2-17-16-20-9-4-6-12-22(20)24(17)23-13-7-10-19-15-14-18-8-3-5-11-21(18)25(19)23/h3-16H,2H2,1H3. The molecular formula is C25H19. The summed E-state index contributed by atoms with van der Waals surface area (Å²) in [6.07, 6.45) is 3.40. The average molecular weight is 319 g/mol. The summed E-state index contributed by atoms with van der Waals surface area (Å²) < 4.78 is 0. The molecule has 0 spiro atoms. The van der Waals surface area contributed by atoms with Gasteiger partial charge in [0.2, 0.25) is 0 Å². The van der Waals surface area contributed by atoms with Gasteiger partial charge in [0.25, 0.3) is 0 Å². The molecule has 0 N–H and O–H groups in total. The van der Waals surface area contributed by atoms with Crippen molar-refractivity contribution in [3.05, 3.63) is 108 Å². The van der Waals surface area contributed by atoms with Crippen molar-refractivity contribution >= 4 is 27.1 Å². The first-order valence-corrected chi connectivity index (χ1v) is 8.95. The van der Waals surface area contributed by atoms with Gasteiger partial charge in [-0.2, -0.15) is 0 Å². The molecule has 0 heteroatoms. The molecule has 1 aliphatic carbocycles. The highest BCUT2D eigenvalue weighted by Gasteiger charge is 2.23. The molecule has 0 aromatic heterocycles.